The van der Waals surface area contributed by atoms with Crippen LogP contribution < -0.4 is 0 Å². The highest BCUT2D eigenvalue weighted by Gasteiger charge is 2.64. The first-order valence-electron chi connectivity index (χ1n) is 51.5. The molecule has 126 heavy (non-hydrogen) atoms. The molecule has 0 spiro atoms. The van der Waals surface area contributed by atoms with E-state index in [-0.39, 0.29) is 79.8 Å². The van der Waals surface area contributed by atoms with E-state index in [2.05, 4.69) is 96.9 Å². The third kappa shape index (κ3) is 21.3. The van der Waals surface area contributed by atoms with E-state index in [1.165, 1.54) is 57.8 Å². The molecule has 24 fully saturated rings. The Kier molecular flexibility index (Phi) is 30.7. The number of esters is 3. The number of carboxylic acid groups (broad SMARTS) is 1. The van der Waals surface area contributed by atoms with Gasteiger partial charge < -0.3 is 86.0 Å². The maximum atomic E-state index is 12.3. The molecule has 49 unspecified atom stereocenters. The minimum atomic E-state index is -0.820. The van der Waals surface area contributed by atoms with Crippen LogP contribution in [0, 0.1) is 243 Å². The molecule has 0 amide bonds. The Bertz CT molecular complexity index is 3500. The van der Waals surface area contributed by atoms with Crippen LogP contribution in [0.25, 0.3) is 0 Å². The lowest BCUT2D eigenvalue weighted by Gasteiger charge is -2.38. The Labute approximate surface area is 755 Å². The number of hydrogen-bond acceptors (Lipinski definition) is 21. The van der Waals surface area contributed by atoms with Crippen LogP contribution in [0.4, 0.5) is 0 Å². The molecule has 49 atom stereocenters. The zero-order valence-electron chi connectivity index (χ0n) is 78.7. The fourth-order valence-electron chi connectivity index (χ4n) is 30.8. The number of ether oxygens (including phenoxy) is 16. The van der Waals surface area contributed by atoms with E-state index < -0.39 is 17.8 Å². The summed E-state index contributed by atoms with van der Waals surface area (Å²) in [4.78, 5) is 48.3. The normalized spacial score (nSPS) is 50.6. The van der Waals surface area contributed by atoms with E-state index in [1.54, 1.807) is 0 Å². The van der Waals surface area contributed by atoms with Crippen LogP contribution in [-0.4, -0.2) is 228 Å². The van der Waals surface area contributed by atoms with Crippen LogP contribution in [0.1, 0.15) is 194 Å². The Morgan fingerprint density at radius 3 is 1.19 bits per heavy atom. The van der Waals surface area contributed by atoms with Crippen molar-refractivity contribution in [2.45, 2.75) is 249 Å². The van der Waals surface area contributed by atoms with E-state index in [0.717, 1.165) is 274 Å². The largest absolute Gasteiger partial charge is 0.481 e. The second-order valence-electron chi connectivity index (χ2n) is 46.5. The standard InChI is InChI=1S/2C17H28O4.C16H24O3.C15H22O4.C14H22O4.C13H22O2.C11H18O.CH4/c1-10-11(2)15-3-14(10)16(8-18-4-12-6-20-12)17(15)9-19-5-13-7-21-13;1-10-11(2)15-3-12(10)4-16(15)17(21-8-14-7-20-14)9-18-5-13-6-19-13;1-8-9(2)14-5-13(8)11-3-4-12(15(11)14)16(17)19-7-10-6-18-10;1-7-8(2)11-5-10(7)12(14(16)17)13(11)15(18)19-6-9-3-4-9;1-7-8(2)11-3-10(7)12(4-15)13(11)14(16)18-6-9-5-17-9;1-8-9(2)13-4-10(8)3-11(13)5-14-6-12-7-15-12;1-6-7(2)9-3-8(6)4-10(9)11-5-12-11;/h2*10-17H,3-9H2,1-2H3;8-15H,3-7H2,1-2H3;7-13H,3-6H2,1-2H3,(H,16,17);7-13,15H,3-6H2,1-2H3;8-13H,3-7H2,1-2H3;6-11H,3-5H2,1-2H3;1H4. The van der Waals surface area contributed by atoms with Crippen LogP contribution in [0.15, 0.2) is 0 Å². The number of carbonyl (C=O) groups excluding carboxylic acids is 3. The van der Waals surface area contributed by atoms with E-state index in [1.807, 2.05) is 0 Å². The van der Waals surface area contributed by atoms with Gasteiger partial charge in [0.05, 0.1) is 148 Å². The van der Waals surface area contributed by atoms with E-state index in [4.69, 9.17) is 75.8 Å². The molecule has 24 aliphatic rings. The van der Waals surface area contributed by atoms with Crippen LogP contribution >= 0.6 is 0 Å². The summed E-state index contributed by atoms with van der Waals surface area (Å²) < 4.78 is 87.6. The number of carboxylic acids is 1. The number of epoxide rings is 8. The van der Waals surface area contributed by atoms with Crippen LogP contribution in [-0.2, 0) is 95.0 Å². The predicted octanol–water partition coefficient (Wildman–Crippen LogP) is 15.1. The topological polar surface area (TPSA) is 283 Å². The quantitative estimate of drug-likeness (QED) is 0.0359. The van der Waals surface area contributed by atoms with Crippen molar-refractivity contribution in [3.63, 3.8) is 0 Å². The van der Waals surface area contributed by atoms with Crippen molar-refractivity contribution in [1.82, 2.24) is 0 Å². The first kappa shape index (κ1) is 95.1. The fraction of sp³-hybridized carbons (Fsp3) is 0.962. The summed E-state index contributed by atoms with van der Waals surface area (Å²) in [6.45, 7) is 48.8. The number of aliphatic carboxylic acids is 1. The first-order chi connectivity index (χ1) is 60.3. The van der Waals surface area contributed by atoms with Crippen molar-refractivity contribution in [1.29, 1.82) is 0 Å². The summed E-state index contributed by atoms with van der Waals surface area (Å²) in [6, 6.07) is 0. The Hall–Kier alpha value is -2.68. The Balaban J connectivity index is 0.000000104. The second-order valence-corrected chi connectivity index (χ2v) is 46.5. The van der Waals surface area contributed by atoms with Crippen molar-refractivity contribution in [2.75, 3.05) is 139 Å². The summed E-state index contributed by atoms with van der Waals surface area (Å²) in [5, 5.41) is 19.0. The van der Waals surface area contributed by atoms with Gasteiger partial charge in [0, 0.05) is 13.2 Å². The van der Waals surface area contributed by atoms with Gasteiger partial charge in [-0.15, -0.1) is 0 Å². The van der Waals surface area contributed by atoms with Gasteiger partial charge in [-0.3, -0.25) is 19.2 Å². The summed E-state index contributed by atoms with van der Waals surface area (Å²) in [5.41, 5.74) is 0. The molecule has 8 aliphatic heterocycles. The van der Waals surface area contributed by atoms with E-state index in [9.17, 15) is 29.4 Å². The van der Waals surface area contributed by atoms with Gasteiger partial charge >= 0.3 is 23.9 Å². The molecule has 0 radical (unpaired) electrons. The minimum Gasteiger partial charge on any atom is -0.481 e. The van der Waals surface area contributed by atoms with Gasteiger partial charge in [-0.2, -0.15) is 0 Å². The predicted molar refractivity (Wildman–Crippen MR) is 472 cm³/mol. The van der Waals surface area contributed by atoms with Gasteiger partial charge in [-0.1, -0.05) is 104 Å². The molecular formula is C104H168O22. The van der Waals surface area contributed by atoms with Crippen LogP contribution in [0.2, 0.25) is 0 Å². The molecule has 14 bridgehead atoms. The monoisotopic (exact) mass is 1770 g/mol. The third-order valence-electron chi connectivity index (χ3n) is 40.5. The van der Waals surface area contributed by atoms with Gasteiger partial charge in [-0.05, 0) is 309 Å². The van der Waals surface area contributed by atoms with Gasteiger partial charge in [0.1, 0.15) is 55.9 Å². The van der Waals surface area contributed by atoms with Crippen LogP contribution in [0.5, 0.6) is 0 Å². The number of rotatable bonds is 32. The SMILES string of the molecule is C.CC1C(C)C2CC1C(C(=O)O)C2C(=O)OCC1CC1.CC1C(C)C2CC1C(CO)C2C(=O)OCC1CO1.CC1C(C)C2CC1C(COCC1CO1)C2COCC1CO1.CC1C(C)C2CC1C1CCC(C(=O)OCC3CO3)C21.CC1C2CC(C(COCC3CO3)OCC3CO3)C(C2)C1C.CC1C2CC(C3CO3)C(C2)C1C.CC1C2CC(COCC3CO3)C(C2)C1C. The highest BCUT2D eigenvalue weighted by atomic mass is 16.6. The lowest BCUT2D eigenvalue weighted by atomic mass is 9.69. The molecule has 16 saturated carbocycles. The minimum absolute atomic E-state index is 0. The first-order valence-corrected chi connectivity index (χ1v) is 51.5. The average Bonchev–Trinajstić information content (AvgIpc) is 1.57. The average molecular weight is 1770 g/mol. The zero-order valence-corrected chi connectivity index (χ0v) is 78.7. The van der Waals surface area contributed by atoms with Crippen molar-refractivity contribution < 1.29 is 105 Å². The van der Waals surface area contributed by atoms with Crippen molar-refractivity contribution in [2.24, 2.45) is 243 Å². The summed E-state index contributed by atoms with van der Waals surface area (Å²) in [7, 11) is 0. The summed E-state index contributed by atoms with van der Waals surface area (Å²) in [6.07, 6.45) is 21.0. The van der Waals surface area contributed by atoms with Gasteiger partial charge in [0.15, 0.2) is 0 Å². The number of fused-ring (bicyclic) bond motifs is 17. The number of aliphatic hydroxyl groups excluding tert-OH is 1. The number of carbonyl (C=O) groups is 4. The lowest BCUT2D eigenvalue weighted by Crippen LogP contribution is -2.41. The molecular weight excluding hydrogens is 1600 g/mol. The van der Waals surface area contributed by atoms with E-state index >= 15 is 0 Å². The van der Waals surface area contributed by atoms with Gasteiger partial charge in [0.2, 0.25) is 0 Å². The van der Waals surface area contributed by atoms with Crippen molar-refractivity contribution in [3.8, 4) is 0 Å². The molecule has 22 nitrogen and oxygen atoms in total. The molecule has 8 heterocycles. The summed E-state index contributed by atoms with van der Waals surface area (Å²) >= 11 is 0. The molecule has 2 N–H and O–H groups in total. The third-order valence-corrected chi connectivity index (χ3v) is 40.5. The maximum Gasteiger partial charge on any atom is 0.310 e. The maximum absolute atomic E-state index is 12.3. The smallest absolute Gasteiger partial charge is 0.310 e. The molecule has 22 heteroatoms. The molecule has 0 aromatic rings. The highest BCUT2D eigenvalue weighted by Crippen LogP contribution is 2.67. The molecule has 0 aromatic carbocycles. The van der Waals surface area contributed by atoms with Gasteiger partial charge in [0.25, 0.3) is 0 Å². The molecule has 24 rings (SSSR count). The van der Waals surface area contributed by atoms with Crippen molar-refractivity contribution >= 4 is 23.9 Å². The molecule has 716 valence electrons. The molecule has 16 aliphatic carbocycles. The van der Waals surface area contributed by atoms with Crippen LogP contribution in [0.3, 0.4) is 0 Å². The van der Waals surface area contributed by atoms with E-state index in [0.29, 0.717) is 128 Å². The van der Waals surface area contributed by atoms with Gasteiger partial charge in [-0.25, -0.2) is 0 Å². The number of aliphatic hydroxyl groups is 1. The zero-order chi connectivity index (χ0) is 87.2. The summed E-state index contributed by atoms with van der Waals surface area (Å²) in [5.74, 6) is 25.1. The Morgan fingerprint density at radius 1 is 0.317 bits per heavy atom. The fourth-order valence-corrected chi connectivity index (χ4v) is 30.8. The molecule has 0 aromatic heterocycles. The number of hydrogen-bond donors (Lipinski definition) is 2. The lowest BCUT2D eigenvalue weighted by molar-refractivity contribution is -0.163. The molecule has 8 saturated heterocycles. The van der Waals surface area contributed by atoms with Crippen molar-refractivity contribution in [3.05, 3.63) is 0 Å². The highest BCUT2D eigenvalue weighted by molar-refractivity contribution is 5.83. The Morgan fingerprint density at radius 2 is 0.698 bits per heavy atom. The second kappa shape index (κ2) is 40.7.